The molecule has 1 aromatic carbocycles. The van der Waals surface area contributed by atoms with Crippen molar-refractivity contribution in [3.8, 4) is 0 Å². The van der Waals surface area contributed by atoms with Gasteiger partial charge < -0.3 is 9.84 Å². The molecule has 1 rings (SSSR count). The molecular formula is C19H28O3. The zero-order chi connectivity index (χ0) is 16.2. The fourth-order valence-corrected chi connectivity index (χ4v) is 2.31. The Hall–Kier alpha value is -1.61. The number of hydrogen-bond acceptors (Lipinski definition) is 3. The normalized spacial score (nSPS) is 12.5. The fraction of sp³-hybridized carbons (Fsp3) is 0.526. The lowest BCUT2D eigenvalue weighted by molar-refractivity contribution is -0.140. The highest BCUT2D eigenvalue weighted by atomic mass is 16.5. The average molecular weight is 304 g/mol. The topological polar surface area (TPSA) is 46.5 Å². The van der Waals surface area contributed by atoms with E-state index in [2.05, 4.69) is 17.7 Å². The van der Waals surface area contributed by atoms with E-state index in [9.17, 15) is 9.90 Å². The molecule has 0 bridgehead atoms. The molecule has 122 valence electrons. The SMILES string of the molecule is CCCCCC(O)c1cccc(/C=C/CCCC(=O)OC)c1. The molecule has 1 unspecified atom stereocenters. The van der Waals surface area contributed by atoms with Crippen molar-refractivity contribution in [1.82, 2.24) is 0 Å². The molecule has 0 aliphatic carbocycles. The van der Waals surface area contributed by atoms with Crippen molar-refractivity contribution in [1.29, 1.82) is 0 Å². The minimum Gasteiger partial charge on any atom is -0.469 e. The molecule has 3 nitrogen and oxygen atoms in total. The second kappa shape index (κ2) is 11.0. The molecule has 0 aromatic heterocycles. The number of carbonyl (C=O) groups is 1. The number of methoxy groups -OCH3 is 1. The Kier molecular flexibility index (Phi) is 9.24. The van der Waals surface area contributed by atoms with E-state index in [1.807, 2.05) is 30.3 Å². The summed E-state index contributed by atoms with van der Waals surface area (Å²) in [5.74, 6) is -0.161. The first-order valence-corrected chi connectivity index (χ1v) is 8.18. The van der Waals surface area contributed by atoms with Crippen LogP contribution in [-0.4, -0.2) is 18.2 Å². The second-order valence-corrected chi connectivity index (χ2v) is 5.55. The smallest absolute Gasteiger partial charge is 0.305 e. The van der Waals surface area contributed by atoms with E-state index in [-0.39, 0.29) is 12.1 Å². The quantitative estimate of drug-likeness (QED) is 0.505. The van der Waals surface area contributed by atoms with Crippen LogP contribution in [0.4, 0.5) is 0 Å². The lowest BCUT2D eigenvalue weighted by atomic mass is 10.0. The van der Waals surface area contributed by atoms with Gasteiger partial charge in [-0.1, -0.05) is 56.5 Å². The minimum atomic E-state index is -0.376. The summed E-state index contributed by atoms with van der Waals surface area (Å²) in [4.78, 5) is 11.0. The first kappa shape index (κ1) is 18.4. The van der Waals surface area contributed by atoms with Crippen molar-refractivity contribution in [3.63, 3.8) is 0 Å². The van der Waals surface area contributed by atoms with Gasteiger partial charge in [0.05, 0.1) is 13.2 Å². The van der Waals surface area contributed by atoms with Crippen LogP contribution < -0.4 is 0 Å². The lowest BCUT2D eigenvalue weighted by Crippen LogP contribution is -1.98. The Bertz CT molecular complexity index is 466. The van der Waals surface area contributed by atoms with Gasteiger partial charge >= 0.3 is 5.97 Å². The fourth-order valence-electron chi connectivity index (χ4n) is 2.31. The van der Waals surface area contributed by atoms with Crippen LogP contribution in [0.15, 0.2) is 30.3 Å². The van der Waals surface area contributed by atoms with E-state index in [1.54, 1.807) is 0 Å². The van der Waals surface area contributed by atoms with E-state index < -0.39 is 0 Å². The Morgan fingerprint density at radius 2 is 2.14 bits per heavy atom. The van der Waals surface area contributed by atoms with Gasteiger partial charge in [0.2, 0.25) is 0 Å². The Morgan fingerprint density at radius 3 is 2.86 bits per heavy atom. The van der Waals surface area contributed by atoms with Gasteiger partial charge in [-0.15, -0.1) is 0 Å². The number of aliphatic hydroxyl groups excluding tert-OH is 1. The maximum atomic E-state index is 11.0. The molecule has 1 N–H and O–H groups in total. The number of hydrogen-bond donors (Lipinski definition) is 1. The van der Waals surface area contributed by atoms with Crippen LogP contribution in [-0.2, 0) is 9.53 Å². The molecule has 0 heterocycles. The average Bonchev–Trinajstić information content (AvgIpc) is 2.54. The molecule has 0 saturated carbocycles. The highest BCUT2D eigenvalue weighted by Gasteiger charge is 2.06. The molecule has 1 aromatic rings. The molecule has 3 heteroatoms. The Labute approximate surface area is 134 Å². The first-order chi connectivity index (χ1) is 10.7. The molecule has 0 amide bonds. The molecule has 0 aliphatic heterocycles. The van der Waals surface area contributed by atoms with Crippen molar-refractivity contribution >= 4 is 12.0 Å². The summed E-state index contributed by atoms with van der Waals surface area (Å²) in [6.07, 6.45) is 10.0. The van der Waals surface area contributed by atoms with Crippen molar-refractivity contribution in [3.05, 3.63) is 41.5 Å². The van der Waals surface area contributed by atoms with Crippen LogP contribution in [0.3, 0.4) is 0 Å². The zero-order valence-corrected chi connectivity index (χ0v) is 13.8. The summed E-state index contributed by atoms with van der Waals surface area (Å²) >= 11 is 0. The third kappa shape index (κ3) is 7.41. The molecule has 0 fully saturated rings. The number of rotatable bonds is 10. The highest BCUT2D eigenvalue weighted by Crippen LogP contribution is 2.21. The van der Waals surface area contributed by atoms with Crippen molar-refractivity contribution in [2.75, 3.05) is 7.11 Å². The van der Waals surface area contributed by atoms with Gasteiger partial charge in [0.25, 0.3) is 0 Å². The molecule has 0 radical (unpaired) electrons. The molecule has 0 saturated heterocycles. The second-order valence-electron chi connectivity index (χ2n) is 5.55. The van der Waals surface area contributed by atoms with E-state index >= 15 is 0 Å². The largest absolute Gasteiger partial charge is 0.469 e. The van der Waals surface area contributed by atoms with Gasteiger partial charge in [0, 0.05) is 6.42 Å². The van der Waals surface area contributed by atoms with Crippen LogP contribution in [0, 0.1) is 0 Å². The summed E-state index contributed by atoms with van der Waals surface area (Å²) < 4.78 is 4.61. The van der Waals surface area contributed by atoms with Gasteiger partial charge in [-0.05, 0) is 36.5 Å². The summed E-state index contributed by atoms with van der Waals surface area (Å²) in [5.41, 5.74) is 2.07. The molecule has 22 heavy (non-hydrogen) atoms. The van der Waals surface area contributed by atoms with Gasteiger partial charge in [0.1, 0.15) is 0 Å². The Balaban J connectivity index is 2.44. The highest BCUT2D eigenvalue weighted by molar-refractivity contribution is 5.69. The van der Waals surface area contributed by atoms with Crippen molar-refractivity contribution in [2.24, 2.45) is 0 Å². The predicted molar refractivity (Wildman–Crippen MR) is 90.4 cm³/mol. The van der Waals surface area contributed by atoms with Gasteiger partial charge in [-0.3, -0.25) is 4.79 Å². The van der Waals surface area contributed by atoms with E-state index in [4.69, 9.17) is 0 Å². The first-order valence-electron chi connectivity index (χ1n) is 8.18. The van der Waals surface area contributed by atoms with Gasteiger partial charge in [-0.2, -0.15) is 0 Å². The molecular weight excluding hydrogens is 276 g/mol. The van der Waals surface area contributed by atoms with Crippen LogP contribution in [0.2, 0.25) is 0 Å². The predicted octanol–water partition coefficient (Wildman–Crippen LogP) is 4.66. The number of ether oxygens (including phenoxy) is 1. The van der Waals surface area contributed by atoms with Crippen molar-refractivity contribution in [2.45, 2.75) is 58.0 Å². The molecule has 0 spiro atoms. The molecule has 0 aliphatic rings. The van der Waals surface area contributed by atoms with E-state index in [0.29, 0.717) is 6.42 Å². The van der Waals surface area contributed by atoms with Crippen LogP contribution in [0.5, 0.6) is 0 Å². The maximum Gasteiger partial charge on any atom is 0.305 e. The monoisotopic (exact) mass is 304 g/mol. The lowest BCUT2D eigenvalue weighted by Gasteiger charge is -2.11. The van der Waals surface area contributed by atoms with E-state index in [1.165, 1.54) is 13.5 Å². The van der Waals surface area contributed by atoms with Crippen LogP contribution >= 0.6 is 0 Å². The summed E-state index contributed by atoms with van der Waals surface area (Å²) in [6, 6.07) is 8.02. The van der Waals surface area contributed by atoms with Crippen LogP contribution in [0.25, 0.3) is 6.08 Å². The number of esters is 1. The van der Waals surface area contributed by atoms with Crippen LogP contribution in [0.1, 0.15) is 69.1 Å². The number of allylic oxidation sites excluding steroid dienone is 1. The Morgan fingerprint density at radius 1 is 1.32 bits per heavy atom. The summed E-state index contributed by atoms with van der Waals surface area (Å²) in [6.45, 7) is 2.16. The summed E-state index contributed by atoms with van der Waals surface area (Å²) in [7, 11) is 1.41. The zero-order valence-electron chi connectivity index (χ0n) is 13.8. The third-order valence-electron chi connectivity index (χ3n) is 3.67. The number of aliphatic hydroxyl groups is 1. The maximum absolute atomic E-state index is 11.0. The standard InChI is InChI=1S/C19H28O3/c1-3-4-6-13-18(20)17-12-9-11-16(15-17)10-7-5-8-14-19(21)22-2/h7,9-12,15,18,20H,3-6,8,13-14H2,1-2H3/b10-7+. The number of unbranched alkanes of at least 4 members (excludes halogenated alkanes) is 3. The van der Waals surface area contributed by atoms with Crippen molar-refractivity contribution < 1.29 is 14.6 Å². The van der Waals surface area contributed by atoms with Gasteiger partial charge in [0.15, 0.2) is 0 Å². The minimum absolute atomic E-state index is 0.161. The third-order valence-corrected chi connectivity index (χ3v) is 3.67. The number of carbonyl (C=O) groups excluding carboxylic acids is 1. The summed E-state index contributed by atoms with van der Waals surface area (Å²) in [5, 5.41) is 10.2. The van der Waals surface area contributed by atoms with E-state index in [0.717, 1.165) is 43.2 Å². The molecule has 1 atom stereocenters. The number of benzene rings is 1. The van der Waals surface area contributed by atoms with Gasteiger partial charge in [-0.25, -0.2) is 0 Å².